The maximum absolute atomic E-state index is 9.31. The standard InChI is InChI=1S/C16H27NO3/c1-5-6-7-19-8-9-20-15-11-13(12-18)10-14(17-15)16(2,3)4/h10-11,18H,5-9,12H2,1-4H3. The minimum atomic E-state index is -0.0685. The van der Waals surface area contributed by atoms with Gasteiger partial charge in [-0.05, 0) is 18.1 Å². The van der Waals surface area contributed by atoms with Crippen molar-refractivity contribution in [1.82, 2.24) is 4.98 Å². The Morgan fingerprint density at radius 2 is 1.90 bits per heavy atom. The maximum atomic E-state index is 9.31. The van der Waals surface area contributed by atoms with Gasteiger partial charge in [-0.2, -0.15) is 0 Å². The molecule has 0 aromatic carbocycles. The molecule has 0 bridgehead atoms. The average molecular weight is 281 g/mol. The highest BCUT2D eigenvalue weighted by Gasteiger charge is 2.17. The first-order valence-corrected chi connectivity index (χ1v) is 7.30. The van der Waals surface area contributed by atoms with Gasteiger partial charge in [-0.25, -0.2) is 4.98 Å². The van der Waals surface area contributed by atoms with Gasteiger partial charge >= 0.3 is 0 Å². The van der Waals surface area contributed by atoms with Gasteiger partial charge in [0, 0.05) is 18.1 Å². The maximum Gasteiger partial charge on any atom is 0.213 e. The minimum absolute atomic E-state index is 0.00500. The molecule has 0 aliphatic rings. The number of unbranched alkanes of at least 4 members (excludes halogenated alkanes) is 1. The predicted molar refractivity (Wildman–Crippen MR) is 80.1 cm³/mol. The first kappa shape index (κ1) is 16.9. The number of nitrogens with zero attached hydrogens (tertiary/aromatic N) is 1. The van der Waals surface area contributed by atoms with Gasteiger partial charge in [-0.3, -0.25) is 0 Å². The average Bonchev–Trinajstić information content (AvgIpc) is 2.41. The predicted octanol–water partition coefficient (Wildman–Crippen LogP) is 3.07. The zero-order chi connectivity index (χ0) is 15.0. The summed E-state index contributed by atoms with van der Waals surface area (Å²) < 4.78 is 11.1. The SMILES string of the molecule is CCCCOCCOc1cc(CO)cc(C(C)(C)C)n1. The van der Waals surface area contributed by atoms with Crippen LogP contribution in [0, 0.1) is 0 Å². The van der Waals surface area contributed by atoms with E-state index in [9.17, 15) is 5.11 Å². The number of aromatic nitrogens is 1. The Morgan fingerprint density at radius 1 is 1.15 bits per heavy atom. The van der Waals surface area contributed by atoms with Crippen LogP contribution in [0.5, 0.6) is 5.88 Å². The molecule has 0 fully saturated rings. The molecule has 0 spiro atoms. The van der Waals surface area contributed by atoms with Gasteiger partial charge in [0.05, 0.1) is 18.9 Å². The summed E-state index contributed by atoms with van der Waals surface area (Å²) in [6, 6.07) is 3.70. The Bertz CT molecular complexity index is 399. The highest BCUT2D eigenvalue weighted by atomic mass is 16.5. The van der Waals surface area contributed by atoms with Crippen LogP contribution in [0.4, 0.5) is 0 Å². The number of hydrogen-bond donors (Lipinski definition) is 1. The lowest BCUT2D eigenvalue weighted by atomic mass is 9.91. The van der Waals surface area contributed by atoms with Crippen LogP contribution in [-0.2, 0) is 16.8 Å². The smallest absolute Gasteiger partial charge is 0.213 e. The van der Waals surface area contributed by atoms with Crippen LogP contribution in [0.25, 0.3) is 0 Å². The van der Waals surface area contributed by atoms with Gasteiger partial charge in [0.1, 0.15) is 6.61 Å². The first-order chi connectivity index (χ1) is 9.47. The summed E-state index contributed by atoms with van der Waals surface area (Å²) in [5, 5.41) is 9.31. The summed E-state index contributed by atoms with van der Waals surface area (Å²) in [5.74, 6) is 0.556. The third-order valence-electron chi connectivity index (χ3n) is 2.93. The normalized spacial score (nSPS) is 11.7. The van der Waals surface area contributed by atoms with E-state index in [1.807, 2.05) is 6.07 Å². The lowest BCUT2D eigenvalue weighted by Gasteiger charge is -2.19. The van der Waals surface area contributed by atoms with Crippen molar-refractivity contribution in [3.05, 3.63) is 23.4 Å². The van der Waals surface area contributed by atoms with E-state index in [0.29, 0.717) is 19.1 Å². The van der Waals surface area contributed by atoms with E-state index >= 15 is 0 Å². The summed E-state index contributed by atoms with van der Waals surface area (Å²) >= 11 is 0. The quantitative estimate of drug-likeness (QED) is 0.744. The Hall–Kier alpha value is -1.13. The second kappa shape index (κ2) is 8.22. The van der Waals surface area contributed by atoms with Crippen LogP contribution < -0.4 is 4.74 Å². The van der Waals surface area contributed by atoms with Crippen molar-refractivity contribution in [2.75, 3.05) is 19.8 Å². The van der Waals surface area contributed by atoms with Crippen LogP contribution in [0.2, 0.25) is 0 Å². The number of ether oxygens (including phenoxy) is 2. The molecule has 1 heterocycles. The minimum Gasteiger partial charge on any atom is -0.475 e. The molecular weight excluding hydrogens is 254 g/mol. The summed E-state index contributed by atoms with van der Waals surface area (Å²) in [6.07, 6.45) is 2.21. The van der Waals surface area contributed by atoms with Crippen LogP contribution in [-0.4, -0.2) is 29.9 Å². The monoisotopic (exact) mass is 281 g/mol. The lowest BCUT2D eigenvalue weighted by Crippen LogP contribution is -2.16. The highest BCUT2D eigenvalue weighted by molar-refractivity contribution is 5.28. The van der Waals surface area contributed by atoms with Gasteiger partial charge in [-0.1, -0.05) is 34.1 Å². The Kier molecular flexibility index (Phi) is 6.96. The molecule has 1 N–H and O–H groups in total. The lowest BCUT2D eigenvalue weighted by molar-refractivity contribution is 0.0963. The highest BCUT2D eigenvalue weighted by Crippen LogP contribution is 2.24. The van der Waals surface area contributed by atoms with Crippen LogP contribution in [0.1, 0.15) is 51.8 Å². The number of aliphatic hydroxyl groups is 1. The molecule has 0 aliphatic heterocycles. The molecule has 1 rings (SSSR count). The summed E-state index contributed by atoms with van der Waals surface area (Å²) in [5.41, 5.74) is 1.68. The van der Waals surface area contributed by atoms with Crippen LogP contribution >= 0.6 is 0 Å². The molecule has 0 amide bonds. The van der Waals surface area contributed by atoms with Crippen molar-refractivity contribution < 1.29 is 14.6 Å². The zero-order valence-corrected chi connectivity index (χ0v) is 13.1. The molecule has 114 valence electrons. The van der Waals surface area contributed by atoms with E-state index < -0.39 is 0 Å². The molecular formula is C16H27NO3. The third kappa shape index (κ3) is 5.88. The number of pyridine rings is 1. The first-order valence-electron chi connectivity index (χ1n) is 7.30. The van der Waals surface area contributed by atoms with Crippen molar-refractivity contribution in [1.29, 1.82) is 0 Å². The van der Waals surface area contributed by atoms with E-state index in [0.717, 1.165) is 30.7 Å². The fourth-order valence-electron chi connectivity index (χ4n) is 1.66. The van der Waals surface area contributed by atoms with Crippen molar-refractivity contribution in [2.45, 2.75) is 52.6 Å². The molecule has 20 heavy (non-hydrogen) atoms. The molecule has 0 unspecified atom stereocenters. The van der Waals surface area contributed by atoms with Crippen LogP contribution in [0.15, 0.2) is 12.1 Å². The number of rotatable bonds is 8. The van der Waals surface area contributed by atoms with E-state index in [-0.39, 0.29) is 12.0 Å². The van der Waals surface area contributed by atoms with Crippen molar-refractivity contribution in [2.24, 2.45) is 0 Å². The Labute approximate surface area is 122 Å². The van der Waals surface area contributed by atoms with E-state index in [2.05, 4.69) is 32.7 Å². The Morgan fingerprint density at radius 3 is 2.50 bits per heavy atom. The van der Waals surface area contributed by atoms with E-state index in [1.165, 1.54) is 0 Å². The summed E-state index contributed by atoms with van der Waals surface area (Å²) in [6.45, 7) is 10.2. The van der Waals surface area contributed by atoms with Crippen molar-refractivity contribution in [3.8, 4) is 5.88 Å². The van der Waals surface area contributed by atoms with Crippen molar-refractivity contribution >= 4 is 0 Å². The second-order valence-electron chi connectivity index (χ2n) is 5.92. The molecule has 4 nitrogen and oxygen atoms in total. The molecule has 1 aromatic heterocycles. The number of aliphatic hydroxyl groups excluding tert-OH is 1. The molecule has 4 heteroatoms. The van der Waals surface area contributed by atoms with Gasteiger partial charge in [0.25, 0.3) is 0 Å². The fourth-order valence-corrected chi connectivity index (χ4v) is 1.66. The van der Waals surface area contributed by atoms with E-state index in [4.69, 9.17) is 9.47 Å². The van der Waals surface area contributed by atoms with Gasteiger partial charge < -0.3 is 14.6 Å². The molecule has 0 saturated carbocycles. The van der Waals surface area contributed by atoms with E-state index in [1.54, 1.807) is 6.07 Å². The van der Waals surface area contributed by atoms with Gasteiger partial charge in [0.15, 0.2) is 0 Å². The largest absolute Gasteiger partial charge is 0.475 e. The number of hydrogen-bond acceptors (Lipinski definition) is 4. The van der Waals surface area contributed by atoms with Gasteiger partial charge in [0.2, 0.25) is 5.88 Å². The Balaban J connectivity index is 2.56. The molecule has 0 aliphatic carbocycles. The summed E-state index contributed by atoms with van der Waals surface area (Å²) in [7, 11) is 0. The topological polar surface area (TPSA) is 51.6 Å². The molecule has 1 aromatic rings. The zero-order valence-electron chi connectivity index (χ0n) is 13.1. The second-order valence-corrected chi connectivity index (χ2v) is 5.92. The van der Waals surface area contributed by atoms with Gasteiger partial charge in [-0.15, -0.1) is 0 Å². The van der Waals surface area contributed by atoms with Crippen LogP contribution in [0.3, 0.4) is 0 Å². The third-order valence-corrected chi connectivity index (χ3v) is 2.93. The molecule has 0 radical (unpaired) electrons. The fraction of sp³-hybridized carbons (Fsp3) is 0.688. The molecule has 0 saturated heterocycles. The van der Waals surface area contributed by atoms with Crippen molar-refractivity contribution in [3.63, 3.8) is 0 Å². The molecule has 0 atom stereocenters. The summed E-state index contributed by atoms with van der Waals surface area (Å²) in [4.78, 5) is 4.50.